The van der Waals surface area contributed by atoms with E-state index in [0.717, 1.165) is 0 Å². The lowest BCUT2D eigenvalue weighted by Gasteiger charge is -2.15. The zero-order valence-electron chi connectivity index (χ0n) is 11.6. The van der Waals surface area contributed by atoms with Crippen LogP contribution in [0, 0.1) is 12.7 Å². The van der Waals surface area contributed by atoms with E-state index in [1.165, 1.54) is 12.1 Å². The monoisotopic (exact) mass is 391 g/mol. The van der Waals surface area contributed by atoms with Crippen LogP contribution in [-0.2, 0) is 0 Å². The molecule has 0 bridgehead atoms. The van der Waals surface area contributed by atoms with Crippen molar-refractivity contribution in [2.24, 2.45) is 0 Å². The molecule has 1 N–H and O–H groups in total. The lowest BCUT2D eigenvalue weighted by atomic mass is 10.2. The van der Waals surface area contributed by atoms with Crippen LogP contribution in [0.1, 0.15) is 31.2 Å². The largest absolute Gasteiger partial charge is 0.338 e. The van der Waals surface area contributed by atoms with Crippen LogP contribution in [0.25, 0.3) is 0 Å². The lowest BCUT2D eigenvalue weighted by molar-refractivity contribution is 0.627. The molecule has 0 spiro atoms. The predicted molar refractivity (Wildman–Crippen MR) is 88.3 cm³/mol. The molecule has 3 nitrogen and oxygen atoms in total. The summed E-state index contributed by atoms with van der Waals surface area (Å²) in [5.74, 6) is 0.892. The maximum atomic E-state index is 13.3. The van der Waals surface area contributed by atoms with Crippen molar-refractivity contribution in [1.82, 2.24) is 9.97 Å². The molecular weight excluding hydrogens is 380 g/mol. The number of halogens is 4. The molecule has 0 aliphatic heterocycles. The highest BCUT2D eigenvalue weighted by Crippen LogP contribution is 2.35. The fourth-order valence-corrected chi connectivity index (χ4v) is 2.74. The van der Waals surface area contributed by atoms with E-state index in [1.807, 2.05) is 13.8 Å². The summed E-state index contributed by atoms with van der Waals surface area (Å²) in [4.78, 5) is 8.70. The second-order valence-electron chi connectivity index (χ2n) is 4.87. The molecule has 2 aromatic rings. The molecule has 7 heteroatoms. The fraction of sp³-hybridized carbons (Fsp3) is 0.286. The first-order chi connectivity index (χ1) is 9.79. The van der Waals surface area contributed by atoms with Gasteiger partial charge in [-0.15, -0.1) is 0 Å². The van der Waals surface area contributed by atoms with Gasteiger partial charge in [-0.25, -0.2) is 14.4 Å². The molecule has 1 heterocycles. The number of hydrogen-bond acceptors (Lipinski definition) is 3. The van der Waals surface area contributed by atoms with Crippen molar-refractivity contribution in [3.63, 3.8) is 0 Å². The van der Waals surface area contributed by atoms with E-state index in [-0.39, 0.29) is 10.9 Å². The Morgan fingerprint density at radius 3 is 2.48 bits per heavy atom. The Balaban J connectivity index is 2.49. The highest BCUT2D eigenvalue weighted by Gasteiger charge is 2.15. The second-order valence-corrected chi connectivity index (χ2v) is 6.49. The van der Waals surface area contributed by atoms with Crippen LogP contribution in [0.2, 0.25) is 10.2 Å². The highest BCUT2D eigenvalue weighted by atomic mass is 79.9. The summed E-state index contributed by atoms with van der Waals surface area (Å²) in [6, 6.07) is 2.56. The molecule has 0 aliphatic rings. The van der Waals surface area contributed by atoms with E-state index in [1.54, 1.807) is 6.92 Å². The average molecular weight is 393 g/mol. The molecule has 0 radical (unpaired) electrons. The molecular formula is C14H13BrCl2FN3. The Kier molecular flexibility index (Phi) is 5.07. The van der Waals surface area contributed by atoms with Gasteiger partial charge >= 0.3 is 0 Å². The van der Waals surface area contributed by atoms with Crippen LogP contribution in [0.4, 0.5) is 15.9 Å². The van der Waals surface area contributed by atoms with Gasteiger partial charge in [0.15, 0.2) is 0 Å². The van der Waals surface area contributed by atoms with Crippen molar-refractivity contribution < 1.29 is 4.39 Å². The minimum atomic E-state index is -0.419. The number of nitrogens with one attached hydrogen (secondary N) is 1. The zero-order chi connectivity index (χ0) is 15.7. The highest BCUT2D eigenvalue weighted by molar-refractivity contribution is 9.10. The molecule has 0 fully saturated rings. The number of nitrogens with zero attached hydrogens (tertiary/aromatic N) is 2. The molecule has 0 saturated carbocycles. The Bertz CT molecular complexity index is 669. The smallest absolute Gasteiger partial charge is 0.138 e. The summed E-state index contributed by atoms with van der Waals surface area (Å²) in [5, 5.41) is 3.72. The van der Waals surface area contributed by atoms with Crippen LogP contribution in [0.3, 0.4) is 0 Å². The molecule has 2 rings (SSSR count). The number of hydrogen-bond donors (Lipinski definition) is 1. The van der Waals surface area contributed by atoms with Gasteiger partial charge in [0.05, 0.1) is 10.7 Å². The van der Waals surface area contributed by atoms with Crippen LogP contribution in [0.15, 0.2) is 16.6 Å². The Labute approximate surface area is 141 Å². The van der Waals surface area contributed by atoms with Crippen molar-refractivity contribution in [1.29, 1.82) is 0 Å². The summed E-state index contributed by atoms with van der Waals surface area (Å²) in [7, 11) is 0. The summed E-state index contributed by atoms with van der Waals surface area (Å²) < 4.78 is 13.8. The van der Waals surface area contributed by atoms with Gasteiger partial charge in [0.1, 0.15) is 22.6 Å². The van der Waals surface area contributed by atoms with Crippen molar-refractivity contribution in [2.75, 3.05) is 5.32 Å². The third-order valence-electron chi connectivity index (χ3n) is 2.87. The van der Waals surface area contributed by atoms with Gasteiger partial charge in [0, 0.05) is 16.0 Å². The van der Waals surface area contributed by atoms with Crippen LogP contribution in [0.5, 0.6) is 0 Å². The molecule has 1 aromatic carbocycles. The maximum Gasteiger partial charge on any atom is 0.138 e. The van der Waals surface area contributed by atoms with Gasteiger partial charge in [-0.1, -0.05) is 37.0 Å². The minimum Gasteiger partial charge on any atom is -0.338 e. The summed E-state index contributed by atoms with van der Waals surface area (Å²) >= 11 is 15.5. The standard InChI is InChI=1S/C14H13BrCl2FN3/c1-6(2)13-20-12(17)7(3)14(21-13)19-11-9(15)4-8(18)5-10(11)16/h4-6H,1-3H3,(H,19,20,21). The molecule has 21 heavy (non-hydrogen) atoms. The summed E-state index contributed by atoms with van der Waals surface area (Å²) in [6.45, 7) is 5.76. The van der Waals surface area contributed by atoms with Gasteiger partial charge in [-0.2, -0.15) is 0 Å². The molecule has 1 aromatic heterocycles. The average Bonchev–Trinajstić information content (AvgIpc) is 2.37. The fourth-order valence-electron chi connectivity index (χ4n) is 1.67. The van der Waals surface area contributed by atoms with E-state index in [2.05, 4.69) is 31.2 Å². The van der Waals surface area contributed by atoms with Crippen molar-refractivity contribution in [3.05, 3.63) is 44.0 Å². The molecule has 0 unspecified atom stereocenters. The summed E-state index contributed by atoms with van der Waals surface area (Å²) in [5.41, 5.74) is 1.24. The molecule has 0 amide bonds. The quantitative estimate of drug-likeness (QED) is 0.664. The minimum absolute atomic E-state index is 0.135. The first kappa shape index (κ1) is 16.5. The van der Waals surface area contributed by atoms with E-state index >= 15 is 0 Å². The first-order valence-corrected chi connectivity index (χ1v) is 7.80. The third-order valence-corrected chi connectivity index (χ3v) is 4.16. The number of aromatic nitrogens is 2. The van der Waals surface area contributed by atoms with E-state index in [0.29, 0.717) is 32.5 Å². The van der Waals surface area contributed by atoms with E-state index in [4.69, 9.17) is 23.2 Å². The lowest BCUT2D eigenvalue weighted by Crippen LogP contribution is -2.05. The molecule has 0 aliphatic carbocycles. The van der Waals surface area contributed by atoms with Crippen molar-refractivity contribution >= 4 is 50.6 Å². The van der Waals surface area contributed by atoms with Gasteiger partial charge in [-0.05, 0) is 35.0 Å². The van der Waals surface area contributed by atoms with Crippen LogP contribution < -0.4 is 5.32 Å². The van der Waals surface area contributed by atoms with Crippen molar-refractivity contribution in [2.45, 2.75) is 26.7 Å². The first-order valence-electron chi connectivity index (χ1n) is 6.25. The Morgan fingerprint density at radius 1 is 1.24 bits per heavy atom. The Morgan fingerprint density at radius 2 is 1.90 bits per heavy atom. The SMILES string of the molecule is Cc1c(Cl)nc(C(C)C)nc1Nc1c(Cl)cc(F)cc1Br. The van der Waals surface area contributed by atoms with Crippen LogP contribution >= 0.6 is 39.1 Å². The topological polar surface area (TPSA) is 37.8 Å². The van der Waals surface area contributed by atoms with Gasteiger partial charge in [0.25, 0.3) is 0 Å². The summed E-state index contributed by atoms with van der Waals surface area (Å²) in [6.07, 6.45) is 0. The number of rotatable bonds is 3. The predicted octanol–water partition coefficient (Wildman–Crippen LogP) is 5.86. The van der Waals surface area contributed by atoms with Crippen molar-refractivity contribution in [3.8, 4) is 0 Å². The van der Waals surface area contributed by atoms with E-state index in [9.17, 15) is 4.39 Å². The number of anilines is 2. The normalized spacial score (nSPS) is 11.0. The maximum absolute atomic E-state index is 13.3. The zero-order valence-corrected chi connectivity index (χ0v) is 14.7. The molecule has 0 saturated heterocycles. The third kappa shape index (κ3) is 3.65. The van der Waals surface area contributed by atoms with Gasteiger partial charge < -0.3 is 5.32 Å². The van der Waals surface area contributed by atoms with Gasteiger partial charge in [-0.3, -0.25) is 0 Å². The number of benzene rings is 1. The molecule has 0 atom stereocenters. The van der Waals surface area contributed by atoms with Gasteiger partial charge in [0.2, 0.25) is 0 Å². The second kappa shape index (κ2) is 6.46. The Hall–Kier alpha value is -0.910. The molecule has 112 valence electrons. The van der Waals surface area contributed by atoms with Crippen LogP contribution in [-0.4, -0.2) is 9.97 Å². The van der Waals surface area contributed by atoms with E-state index < -0.39 is 5.82 Å².